The van der Waals surface area contributed by atoms with Gasteiger partial charge in [0.15, 0.2) is 0 Å². The van der Waals surface area contributed by atoms with Crippen LogP contribution in [-0.2, 0) is 16.1 Å². The van der Waals surface area contributed by atoms with Crippen LogP contribution >= 0.6 is 0 Å². The third-order valence-corrected chi connectivity index (χ3v) is 6.44. The normalized spacial score (nSPS) is 17.1. The van der Waals surface area contributed by atoms with Crippen LogP contribution in [0.3, 0.4) is 0 Å². The van der Waals surface area contributed by atoms with E-state index in [1.54, 1.807) is 36.7 Å². The van der Waals surface area contributed by atoms with Gasteiger partial charge in [-0.2, -0.15) is 0 Å². The molecule has 1 saturated heterocycles. The maximum atomic E-state index is 13.3. The van der Waals surface area contributed by atoms with Crippen LogP contribution in [0, 0.1) is 6.92 Å². The van der Waals surface area contributed by atoms with Gasteiger partial charge in [-0.15, -0.1) is 0 Å². The Hall–Kier alpha value is -3.93. The molecule has 6 heteroatoms. The lowest BCUT2D eigenvalue weighted by atomic mass is 9.93. The molecule has 1 amide bonds. The molecule has 36 heavy (non-hydrogen) atoms. The quantitative estimate of drug-likeness (QED) is 0.244. The number of carbonyl (C=O) groups excluding carboxylic acids is 2. The smallest absolute Gasteiger partial charge is 0.295 e. The van der Waals surface area contributed by atoms with Gasteiger partial charge in [0.2, 0.25) is 0 Å². The van der Waals surface area contributed by atoms with Gasteiger partial charge in [-0.05, 0) is 65.8 Å². The zero-order valence-electron chi connectivity index (χ0n) is 21.2. The minimum absolute atomic E-state index is 0.0859. The number of aliphatic hydroxyl groups excluding tert-OH is 1. The number of nitrogens with zero attached hydrogens (tertiary/aromatic N) is 2. The second-order valence-electron chi connectivity index (χ2n) is 9.44. The van der Waals surface area contributed by atoms with E-state index in [9.17, 15) is 14.7 Å². The molecule has 0 saturated carbocycles. The number of ketones is 1. The predicted molar refractivity (Wildman–Crippen MR) is 140 cm³/mol. The zero-order chi connectivity index (χ0) is 25.8. The van der Waals surface area contributed by atoms with Crippen molar-refractivity contribution in [1.29, 1.82) is 0 Å². The van der Waals surface area contributed by atoms with Gasteiger partial charge in [0.1, 0.15) is 11.5 Å². The van der Waals surface area contributed by atoms with Crippen LogP contribution in [0.2, 0.25) is 0 Å². The first-order valence-electron chi connectivity index (χ1n) is 12.3. The summed E-state index contributed by atoms with van der Waals surface area (Å²) in [5.41, 5.74) is 4.12. The van der Waals surface area contributed by atoms with E-state index < -0.39 is 17.7 Å². The fraction of sp³-hybridized carbons (Fsp3) is 0.300. The third kappa shape index (κ3) is 5.03. The Bertz CT molecular complexity index is 1280. The van der Waals surface area contributed by atoms with Gasteiger partial charge in [0.25, 0.3) is 11.7 Å². The number of pyridine rings is 1. The van der Waals surface area contributed by atoms with Crippen LogP contribution in [0.1, 0.15) is 67.0 Å². The average molecular weight is 485 g/mol. The molecule has 1 fully saturated rings. The standard InChI is InChI=1S/C30H32N2O4/c1-5-15-36-25-13-12-24(16-20(25)4)28(33)26-27(23-10-8-22(9-11-23)19(2)3)32(30(35)29(26)34)18-21-7-6-14-31-17-21/h6-14,16-17,19,27,33H,5,15,18H2,1-4H3/b28-26+. The number of aromatic nitrogens is 1. The third-order valence-electron chi connectivity index (χ3n) is 6.44. The van der Waals surface area contributed by atoms with Crippen molar-refractivity contribution in [1.82, 2.24) is 9.88 Å². The Balaban J connectivity index is 1.81. The highest BCUT2D eigenvalue weighted by molar-refractivity contribution is 6.46. The molecular formula is C30H32N2O4. The number of aliphatic hydroxyl groups is 1. The molecule has 1 aliphatic rings. The Morgan fingerprint density at radius 3 is 2.47 bits per heavy atom. The average Bonchev–Trinajstić information content (AvgIpc) is 3.13. The molecule has 2 aromatic carbocycles. The first kappa shape index (κ1) is 25.2. The Labute approximate surface area is 212 Å². The van der Waals surface area contributed by atoms with Crippen molar-refractivity contribution in [2.24, 2.45) is 0 Å². The number of ether oxygens (including phenoxy) is 1. The highest BCUT2D eigenvalue weighted by Gasteiger charge is 2.46. The highest BCUT2D eigenvalue weighted by atomic mass is 16.5. The van der Waals surface area contributed by atoms with Gasteiger partial charge in [-0.25, -0.2) is 0 Å². The highest BCUT2D eigenvalue weighted by Crippen LogP contribution is 2.41. The number of amides is 1. The summed E-state index contributed by atoms with van der Waals surface area (Å²) in [4.78, 5) is 32.2. The summed E-state index contributed by atoms with van der Waals surface area (Å²) in [5, 5.41) is 11.4. The number of aryl methyl sites for hydroxylation is 1. The van der Waals surface area contributed by atoms with Crippen LogP contribution in [0.4, 0.5) is 0 Å². The molecule has 0 radical (unpaired) electrons. The SMILES string of the molecule is CCCOc1ccc(/C(O)=C2\C(=O)C(=O)N(Cc3cccnc3)C2c2ccc(C(C)C)cc2)cc1C. The fourth-order valence-corrected chi connectivity index (χ4v) is 4.47. The van der Waals surface area contributed by atoms with Gasteiger partial charge in [-0.3, -0.25) is 14.6 Å². The summed E-state index contributed by atoms with van der Waals surface area (Å²) >= 11 is 0. The van der Waals surface area contributed by atoms with Crippen molar-refractivity contribution < 1.29 is 19.4 Å². The van der Waals surface area contributed by atoms with Crippen molar-refractivity contribution in [3.05, 3.63) is 100 Å². The summed E-state index contributed by atoms with van der Waals surface area (Å²) in [5.74, 6) is -0.454. The number of hydrogen-bond acceptors (Lipinski definition) is 5. The molecule has 1 aromatic heterocycles. The lowest BCUT2D eigenvalue weighted by Crippen LogP contribution is -2.29. The minimum Gasteiger partial charge on any atom is -0.507 e. The number of Topliss-reactive ketones (excluding diaryl/α,β-unsaturated/α-hetero) is 1. The van der Waals surface area contributed by atoms with E-state index in [0.29, 0.717) is 18.1 Å². The maximum Gasteiger partial charge on any atom is 0.295 e. The summed E-state index contributed by atoms with van der Waals surface area (Å²) < 4.78 is 5.76. The number of hydrogen-bond donors (Lipinski definition) is 1. The van der Waals surface area contributed by atoms with E-state index in [1.165, 1.54) is 4.90 Å². The van der Waals surface area contributed by atoms with Gasteiger partial charge in [-0.1, -0.05) is 51.1 Å². The molecule has 1 atom stereocenters. The predicted octanol–water partition coefficient (Wildman–Crippen LogP) is 5.92. The molecule has 4 rings (SSSR count). The lowest BCUT2D eigenvalue weighted by Gasteiger charge is -2.25. The van der Waals surface area contributed by atoms with E-state index in [0.717, 1.165) is 34.4 Å². The monoisotopic (exact) mass is 484 g/mol. The minimum atomic E-state index is -0.720. The molecule has 186 valence electrons. The zero-order valence-corrected chi connectivity index (χ0v) is 21.2. The van der Waals surface area contributed by atoms with Gasteiger partial charge >= 0.3 is 0 Å². The van der Waals surface area contributed by atoms with Crippen LogP contribution in [0.25, 0.3) is 5.76 Å². The molecule has 0 spiro atoms. The Kier molecular flexibility index (Phi) is 7.53. The molecule has 2 heterocycles. The van der Waals surface area contributed by atoms with Gasteiger partial charge in [0.05, 0.1) is 18.2 Å². The number of rotatable bonds is 8. The molecule has 6 nitrogen and oxygen atoms in total. The Morgan fingerprint density at radius 1 is 1.11 bits per heavy atom. The molecule has 1 unspecified atom stereocenters. The van der Waals surface area contributed by atoms with E-state index >= 15 is 0 Å². The molecule has 1 aliphatic heterocycles. The molecule has 1 N–H and O–H groups in total. The first-order chi connectivity index (χ1) is 17.3. The largest absolute Gasteiger partial charge is 0.507 e. The van der Waals surface area contributed by atoms with Crippen molar-refractivity contribution in [2.45, 2.75) is 52.6 Å². The lowest BCUT2D eigenvalue weighted by molar-refractivity contribution is -0.140. The molecule has 0 bridgehead atoms. The summed E-state index contributed by atoms with van der Waals surface area (Å²) in [7, 11) is 0. The van der Waals surface area contributed by atoms with E-state index in [-0.39, 0.29) is 17.9 Å². The van der Waals surface area contributed by atoms with Crippen molar-refractivity contribution in [2.75, 3.05) is 6.61 Å². The molecular weight excluding hydrogens is 452 g/mol. The fourth-order valence-electron chi connectivity index (χ4n) is 4.47. The summed E-state index contributed by atoms with van der Waals surface area (Å²) in [6.45, 7) is 8.95. The summed E-state index contributed by atoms with van der Waals surface area (Å²) in [6.07, 6.45) is 4.23. The number of benzene rings is 2. The van der Waals surface area contributed by atoms with E-state index in [2.05, 4.69) is 18.8 Å². The summed E-state index contributed by atoms with van der Waals surface area (Å²) in [6, 6.07) is 16.1. The first-order valence-corrected chi connectivity index (χ1v) is 12.3. The number of carbonyl (C=O) groups is 2. The topological polar surface area (TPSA) is 79.7 Å². The van der Waals surface area contributed by atoms with E-state index in [4.69, 9.17) is 4.74 Å². The van der Waals surface area contributed by atoms with Crippen LogP contribution in [-0.4, -0.2) is 33.3 Å². The number of likely N-dealkylation sites (tertiary alicyclic amines) is 1. The Morgan fingerprint density at radius 2 is 1.86 bits per heavy atom. The second kappa shape index (κ2) is 10.8. The maximum absolute atomic E-state index is 13.3. The van der Waals surface area contributed by atoms with Crippen molar-refractivity contribution in [3.8, 4) is 5.75 Å². The second-order valence-corrected chi connectivity index (χ2v) is 9.44. The molecule has 0 aliphatic carbocycles. The molecule has 3 aromatic rings. The van der Waals surface area contributed by atoms with Crippen molar-refractivity contribution in [3.63, 3.8) is 0 Å². The van der Waals surface area contributed by atoms with Crippen molar-refractivity contribution >= 4 is 17.4 Å². The van der Waals surface area contributed by atoms with Crippen LogP contribution in [0.15, 0.2) is 72.6 Å². The van der Waals surface area contributed by atoms with Crippen LogP contribution in [0.5, 0.6) is 5.75 Å². The van der Waals surface area contributed by atoms with Gasteiger partial charge in [0, 0.05) is 24.5 Å². The van der Waals surface area contributed by atoms with Crippen LogP contribution < -0.4 is 4.74 Å². The van der Waals surface area contributed by atoms with E-state index in [1.807, 2.05) is 44.2 Å². The van der Waals surface area contributed by atoms with Gasteiger partial charge < -0.3 is 14.7 Å².